The summed E-state index contributed by atoms with van der Waals surface area (Å²) < 4.78 is 82.5. The molecule has 0 spiro atoms. The van der Waals surface area contributed by atoms with Crippen molar-refractivity contribution in [2.24, 2.45) is 0 Å². The van der Waals surface area contributed by atoms with Gasteiger partial charge in [0.25, 0.3) is 0 Å². The lowest BCUT2D eigenvalue weighted by Gasteiger charge is -2.14. The number of carbonyl (C=O) groups excluding carboxylic acids is 1. The summed E-state index contributed by atoms with van der Waals surface area (Å²) in [6.45, 7) is -0.563. The first kappa shape index (κ1) is 20.1. The summed E-state index contributed by atoms with van der Waals surface area (Å²) in [5.41, 5.74) is -3.08. The highest BCUT2D eigenvalue weighted by Crippen LogP contribution is 2.37. The van der Waals surface area contributed by atoms with Crippen molar-refractivity contribution in [2.75, 3.05) is 11.9 Å². The SMILES string of the molecule is O=C(CNc1cc(C(F)(F)F)cc(C(F)(F)F)c1)c1cc2cc(Cl)ccc2o1. The molecule has 0 saturated heterocycles. The van der Waals surface area contributed by atoms with Gasteiger partial charge in [-0.15, -0.1) is 0 Å². The van der Waals surface area contributed by atoms with E-state index in [1.807, 2.05) is 0 Å². The summed E-state index contributed by atoms with van der Waals surface area (Å²) in [6, 6.07) is 7.02. The molecular weight excluding hydrogens is 412 g/mol. The molecule has 1 aromatic heterocycles. The average Bonchev–Trinajstić information content (AvgIpc) is 3.01. The van der Waals surface area contributed by atoms with E-state index in [0.717, 1.165) is 0 Å². The molecule has 1 heterocycles. The first-order valence-electron chi connectivity index (χ1n) is 7.69. The molecule has 0 aliphatic carbocycles. The monoisotopic (exact) mass is 421 g/mol. The van der Waals surface area contributed by atoms with Gasteiger partial charge in [-0.1, -0.05) is 11.6 Å². The Labute approximate surface area is 158 Å². The van der Waals surface area contributed by atoms with Crippen LogP contribution in [0.25, 0.3) is 11.0 Å². The highest BCUT2D eigenvalue weighted by molar-refractivity contribution is 6.31. The zero-order chi connectivity index (χ0) is 20.7. The molecule has 0 atom stereocenters. The lowest BCUT2D eigenvalue weighted by Crippen LogP contribution is -2.16. The predicted molar refractivity (Wildman–Crippen MR) is 90.5 cm³/mol. The van der Waals surface area contributed by atoms with Crippen molar-refractivity contribution < 1.29 is 35.6 Å². The van der Waals surface area contributed by atoms with Crippen LogP contribution in [0.2, 0.25) is 5.02 Å². The predicted octanol–water partition coefficient (Wildman–Crippen LogP) is 6.42. The molecule has 0 amide bonds. The largest absolute Gasteiger partial charge is 0.453 e. The number of benzene rings is 2. The van der Waals surface area contributed by atoms with E-state index in [1.54, 1.807) is 12.1 Å². The zero-order valence-corrected chi connectivity index (χ0v) is 14.5. The maximum absolute atomic E-state index is 12.9. The molecule has 28 heavy (non-hydrogen) atoms. The maximum Gasteiger partial charge on any atom is 0.416 e. The number of fused-ring (bicyclic) bond motifs is 1. The first-order chi connectivity index (χ1) is 12.9. The van der Waals surface area contributed by atoms with Gasteiger partial charge in [0, 0.05) is 16.1 Å². The number of Topliss-reactive ketones (excluding diaryl/α,β-unsaturated/α-hetero) is 1. The fourth-order valence-corrected chi connectivity index (χ4v) is 2.66. The summed E-state index contributed by atoms with van der Waals surface area (Å²) in [6.07, 6.45) is -9.95. The molecule has 0 bridgehead atoms. The number of hydrogen-bond acceptors (Lipinski definition) is 3. The van der Waals surface area contributed by atoms with Crippen LogP contribution in [0.5, 0.6) is 0 Å². The van der Waals surface area contributed by atoms with Crippen LogP contribution in [-0.2, 0) is 12.4 Å². The molecule has 148 valence electrons. The average molecular weight is 422 g/mol. The quantitative estimate of drug-likeness (QED) is 0.390. The number of alkyl halides is 6. The van der Waals surface area contributed by atoms with E-state index < -0.39 is 41.5 Å². The van der Waals surface area contributed by atoms with Gasteiger partial charge >= 0.3 is 12.4 Å². The third-order valence-electron chi connectivity index (χ3n) is 3.79. The highest BCUT2D eigenvalue weighted by atomic mass is 35.5. The second-order valence-electron chi connectivity index (χ2n) is 5.86. The summed E-state index contributed by atoms with van der Waals surface area (Å²) in [7, 11) is 0. The number of hydrogen-bond donors (Lipinski definition) is 1. The van der Waals surface area contributed by atoms with Gasteiger partial charge < -0.3 is 9.73 Å². The van der Waals surface area contributed by atoms with Gasteiger partial charge in [0.2, 0.25) is 5.78 Å². The van der Waals surface area contributed by atoms with Crippen LogP contribution >= 0.6 is 11.6 Å². The van der Waals surface area contributed by atoms with Crippen molar-refractivity contribution in [3.8, 4) is 0 Å². The molecule has 2 aromatic carbocycles. The molecule has 0 fully saturated rings. The van der Waals surface area contributed by atoms with E-state index in [9.17, 15) is 31.1 Å². The number of furan rings is 1. The van der Waals surface area contributed by atoms with Crippen LogP contribution in [-0.4, -0.2) is 12.3 Å². The summed E-state index contributed by atoms with van der Waals surface area (Å²) in [4.78, 5) is 12.2. The Balaban J connectivity index is 1.83. The number of rotatable bonds is 4. The standard InChI is InChI=1S/C18H10ClF6NO2/c19-12-1-2-15-9(3-12)4-16(28-15)14(27)8-26-13-6-10(17(20,21)22)5-11(7-13)18(23,24)25/h1-7,26H,8H2. The van der Waals surface area contributed by atoms with Crippen LogP contribution in [0.1, 0.15) is 21.7 Å². The molecule has 3 nitrogen and oxygen atoms in total. The number of carbonyl (C=O) groups is 1. The Kier molecular flexibility index (Phi) is 5.05. The van der Waals surface area contributed by atoms with Gasteiger partial charge in [-0.05, 0) is 42.5 Å². The Hall–Kier alpha value is -2.68. The Bertz CT molecular complexity index is 1010. The first-order valence-corrected chi connectivity index (χ1v) is 8.07. The minimum atomic E-state index is -4.97. The lowest BCUT2D eigenvalue weighted by molar-refractivity contribution is -0.143. The van der Waals surface area contributed by atoms with Gasteiger partial charge in [0.1, 0.15) is 5.58 Å². The van der Waals surface area contributed by atoms with Crippen molar-refractivity contribution in [1.82, 2.24) is 0 Å². The maximum atomic E-state index is 12.9. The summed E-state index contributed by atoms with van der Waals surface area (Å²) in [5, 5.41) is 3.24. The summed E-state index contributed by atoms with van der Waals surface area (Å²) in [5.74, 6) is -0.758. The molecule has 0 radical (unpaired) electrons. The van der Waals surface area contributed by atoms with Crippen molar-refractivity contribution in [2.45, 2.75) is 12.4 Å². The molecule has 0 aliphatic heterocycles. The highest BCUT2D eigenvalue weighted by Gasteiger charge is 2.37. The van der Waals surface area contributed by atoms with Crippen molar-refractivity contribution >= 4 is 34.0 Å². The molecule has 0 aliphatic rings. The van der Waals surface area contributed by atoms with Gasteiger partial charge in [0.15, 0.2) is 5.76 Å². The number of anilines is 1. The molecule has 1 N–H and O–H groups in total. The van der Waals surface area contributed by atoms with Crippen LogP contribution in [0.15, 0.2) is 46.9 Å². The van der Waals surface area contributed by atoms with Crippen molar-refractivity contribution in [3.05, 3.63) is 64.4 Å². The Morgan fingerprint density at radius 3 is 2.11 bits per heavy atom. The van der Waals surface area contributed by atoms with Gasteiger partial charge in [-0.2, -0.15) is 26.3 Å². The van der Waals surface area contributed by atoms with Crippen molar-refractivity contribution in [1.29, 1.82) is 0 Å². The van der Waals surface area contributed by atoms with Crippen LogP contribution in [0.3, 0.4) is 0 Å². The van der Waals surface area contributed by atoms with Crippen LogP contribution < -0.4 is 5.32 Å². The van der Waals surface area contributed by atoms with E-state index in [-0.39, 0.29) is 11.8 Å². The fraction of sp³-hybridized carbons (Fsp3) is 0.167. The normalized spacial score (nSPS) is 12.4. The number of halogens is 7. The lowest BCUT2D eigenvalue weighted by atomic mass is 10.1. The molecule has 0 saturated carbocycles. The zero-order valence-electron chi connectivity index (χ0n) is 13.7. The molecule has 0 unspecified atom stereocenters. The second kappa shape index (κ2) is 7.05. The number of ketones is 1. The Morgan fingerprint density at radius 2 is 1.54 bits per heavy atom. The van der Waals surface area contributed by atoms with Crippen LogP contribution in [0, 0.1) is 0 Å². The van der Waals surface area contributed by atoms with Crippen LogP contribution in [0.4, 0.5) is 32.0 Å². The third-order valence-corrected chi connectivity index (χ3v) is 4.03. The second-order valence-corrected chi connectivity index (χ2v) is 6.30. The Morgan fingerprint density at radius 1 is 0.929 bits per heavy atom. The van der Waals surface area contributed by atoms with Gasteiger partial charge in [0.05, 0.1) is 17.7 Å². The summed E-state index contributed by atoms with van der Waals surface area (Å²) >= 11 is 5.83. The van der Waals surface area contributed by atoms with E-state index in [0.29, 0.717) is 28.1 Å². The van der Waals surface area contributed by atoms with E-state index in [2.05, 4.69) is 5.32 Å². The topological polar surface area (TPSA) is 42.2 Å². The molecule has 3 rings (SSSR count). The van der Waals surface area contributed by atoms with E-state index >= 15 is 0 Å². The molecule has 3 aromatic rings. The molecular formula is C18H10ClF6NO2. The van der Waals surface area contributed by atoms with Gasteiger partial charge in [-0.3, -0.25) is 4.79 Å². The van der Waals surface area contributed by atoms with E-state index in [4.69, 9.17) is 16.0 Å². The minimum Gasteiger partial charge on any atom is -0.453 e. The van der Waals surface area contributed by atoms with Crippen molar-refractivity contribution in [3.63, 3.8) is 0 Å². The minimum absolute atomic E-state index is 0.00991. The number of nitrogens with one attached hydrogen (secondary N) is 1. The smallest absolute Gasteiger partial charge is 0.416 e. The molecule has 10 heteroatoms. The third kappa shape index (κ3) is 4.41. The fourth-order valence-electron chi connectivity index (χ4n) is 2.48. The van der Waals surface area contributed by atoms with Gasteiger partial charge in [-0.25, -0.2) is 0 Å². The van der Waals surface area contributed by atoms with E-state index in [1.165, 1.54) is 12.1 Å².